The number of fused-ring (bicyclic) bond motifs is 1. The van der Waals surface area contributed by atoms with Gasteiger partial charge in [0.25, 0.3) is 0 Å². The average molecular weight is 221 g/mol. The lowest BCUT2D eigenvalue weighted by atomic mass is 9.98. The Bertz CT molecular complexity index is 352. The Balaban J connectivity index is 2.12. The molecule has 1 atom stereocenters. The maximum atomic E-state index is 5.71. The maximum Gasteiger partial charge on any atom is 0.142 e. The van der Waals surface area contributed by atoms with Crippen LogP contribution in [-0.2, 0) is 11.2 Å². The van der Waals surface area contributed by atoms with E-state index in [1.54, 1.807) is 7.11 Å². The van der Waals surface area contributed by atoms with Crippen LogP contribution < -0.4 is 10.1 Å². The van der Waals surface area contributed by atoms with Crippen LogP contribution in [0.15, 0.2) is 18.2 Å². The highest BCUT2D eigenvalue weighted by Gasteiger charge is 2.17. The van der Waals surface area contributed by atoms with Gasteiger partial charge < -0.3 is 14.8 Å². The molecule has 0 fully saturated rings. The zero-order valence-corrected chi connectivity index (χ0v) is 9.95. The summed E-state index contributed by atoms with van der Waals surface area (Å²) >= 11 is 0. The van der Waals surface area contributed by atoms with Gasteiger partial charge in [0.2, 0.25) is 0 Å². The zero-order chi connectivity index (χ0) is 11.4. The van der Waals surface area contributed by atoms with E-state index in [0.29, 0.717) is 19.3 Å². The second-order valence-corrected chi connectivity index (χ2v) is 4.22. The number of para-hydroxylation sites is 1. The fraction of sp³-hybridized carbons (Fsp3) is 0.538. The van der Waals surface area contributed by atoms with Crippen molar-refractivity contribution in [1.82, 2.24) is 0 Å². The van der Waals surface area contributed by atoms with Crippen molar-refractivity contribution < 1.29 is 9.47 Å². The fourth-order valence-electron chi connectivity index (χ4n) is 1.99. The number of rotatable bonds is 4. The van der Waals surface area contributed by atoms with Gasteiger partial charge in [0.1, 0.15) is 12.4 Å². The Labute approximate surface area is 96.8 Å². The molecule has 1 aliphatic rings. The molecular formula is C13H19NO2. The van der Waals surface area contributed by atoms with Crippen molar-refractivity contribution in [2.24, 2.45) is 0 Å². The van der Waals surface area contributed by atoms with Gasteiger partial charge in [0.15, 0.2) is 0 Å². The summed E-state index contributed by atoms with van der Waals surface area (Å²) in [6, 6.07) is 6.76. The molecule has 0 bridgehead atoms. The molecule has 0 aromatic heterocycles. The lowest BCUT2D eigenvalue weighted by Crippen LogP contribution is -2.22. The standard InChI is InChI=1S/C13H19NO2/c1-10-6-7-11-4-3-5-12(13(11)14-10)16-9-8-15-2/h3-5,10,14H,6-9H2,1-2H3. The third-order valence-electron chi connectivity index (χ3n) is 2.89. The van der Waals surface area contributed by atoms with Gasteiger partial charge in [0, 0.05) is 13.2 Å². The third kappa shape index (κ3) is 2.47. The molecule has 3 heteroatoms. The van der Waals surface area contributed by atoms with Crippen LogP contribution in [0.3, 0.4) is 0 Å². The van der Waals surface area contributed by atoms with Crippen molar-refractivity contribution in [3.05, 3.63) is 23.8 Å². The molecule has 0 aliphatic carbocycles. The highest BCUT2D eigenvalue weighted by molar-refractivity contribution is 5.63. The molecule has 1 aliphatic heterocycles. The Morgan fingerprint density at radius 3 is 3.06 bits per heavy atom. The summed E-state index contributed by atoms with van der Waals surface area (Å²) < 4.78 is 10.7. The van der Waals surface area contributed by atoms with Gasteiger partial charge in [-0.05, 0) is 31.4 Å². The molecule has 88 valence electrons. The van der Waals surface area contributed by atoms with Gasteiger partial charge in [0.05, 0.1) is 12.3 Å². The molecule has 1 N–H and O–H groups in total. The fourth-order valence-corrected chi connectivity index (χ4v) is 1.99. The lowest BCUT2D eigenvalue weighted by molar-refractivity contribution is 0.146. The number of nitrogens with one attached hydrogen (secondary N) is 1. The van der Waals surface area contributed by atoms with E-state index in [1.807, 2.05) is 6.07 Å². The first-order valence-electron chi connectivity index (χ1n) is 5.81. The second-order valence-electron chi connectivity index (χ2n) is 4.22. The monoisotopic (exact) mass is 221 g/mol. The van der Waals surface area contributed by atoms with Gasteiger partial charge in [-0.25, -0.2) is 0 Å². The van der Waals surface area contributed by atoms with Gasteiger partial charge in [-0.15, -0.1) is 0 Å². The molecule has 0 saturated heterocycles. The number of benzene rings is 1. The smallest absolute Gasteiger partial charge is 0.142 e. The van der Waals surface area contributed by atoms with Crippen LogP contribution in [0, 0.1) is 0 Å². The van der Waals surface area contributed by atoms with Crippen LogP contribution in [0.5, 0.6) is 5.75 Å². The number of hydrogen-bond donors (Lipinski definition) is 1. The van der Waals surface area contributed by atoms with E-state index in [9.17, 15) is 0 Å². The minimum absolute atomic E-state index is 0.527. The van der Waals surface area contributed by atoms with Crippen LogP contribution in [0.4, 0.5) is 5.69 Å². The number of anilines is 1. The minimum atomic E-state index is 0.527. The molecule has 0 radical (unpaired) electrons. The van der Waals surface area contributed by atoms with Gasteiger partial charge in [-0.3, -0.25) is 0 Å². The molecule has 0 amide bonds. The number of ether oxygens (including phenoxy) is 2. The Morgan fingerprint density at radius 2 is 2.25 bits per heavy atom. The van der Waals surface area contributed by atoms with E-state index < -0.39 is 0 Å². The molecule has 16 heavy (non-hydrogen) atoms. The highest BCUT2D eigenvalue weighted by Crippen LogP contribution is 2.33. The summed E-state index contributed by atoms with van der Waals surface area (Å²) in [7, 11) is 1.68. The SMILES string of the molecule is COCCOc1cccc2c1NC(C)CC2. The van der Waals surface area contributed by atoms with Crippen LogP contribution in [-0.4, -0.2) is 26.4 Å². The molecule has 2 rings (SSSR count). The molecule has 1 aromatic rings. The van der Waals surface area contributed by atoms with E-state index >= 15 is 0 Å². The quantitative estimate of drug-likeness (QED) is 0.792. The molecule has 1 unspecified atom stereocenters. The maximum absolute atomic E-state index is 5.71. The number of hydrogen-bond acceptors (Lipinski definition) is 3. The second kappa shape index (κ2) is 5.21. The molecule has 0 spiro atoms. The average Bonchev–Trinajstić information content (AvgIpc) is 2.30. The van der Waals surface area contributed by atoms with Gasteiger partial charge in [-0.1, -0.05) is 12.1 Å². The third-order valence-corrected chi connectivity index (χ3v) is 2.89. The Kier molecular flexibility index (Phi) is 3.67. The highest BCUT2D eigenvalue weighted by atomic mass is 16.5. The topological polar surface area (TPSA) is 30.5 Å². The van der Waals surface area contributed by atoms with Crippen molar-refractivity contribution in [3.8, 4) is 5.75 Å². The number of aryl methyl sites for hydroxylation is 1. The Hall–Kier alpha value is -1.22. The van der Waals surface area contributed by atoms with Gasteiger partial charge >= 0.3 is 0 Å². The van der Waals surface area contributed by atoms with E-state index in [0.717, 1.165) is 17.9 Å². The summed E-state index contributed by atoms with van der Waals surface area (Å²) in [5.74, 6) is 0.945. The van der Waals surface area contributed by atoms with E-state index in [4.69, 9.17) is 9.47 Å². The van der Waals surface area contributed by atoms with Crippen LogP contribution in [0.1, 0.15) is 18.9 Å². The molecule has 1 aromatic carbocycles. The largest absolute Gasteiger partial charge is 0.489 e. The van der Waals surface area contributed by atoms with Crippen LogP contribution in [0.25, 0.3) is 0 Å². The molecule has 3 nitrogen and oxygen atoms in total. The molecule has 0 saturated carbocycles. The normalized spacial score (nSPS) is 18.8. The Morgan fingerprint density at radius 1 is 1.38 bits per heavy atom. The summed E-state index contributed by atoms with van der Waals surface area (Å²) in [6.07, 6.45) is 2.32. The van der Waals surface area contributed by atoms with Crippen molar-refractivity contribution in [2.75, 3.05) is 25.6 Å². The summed E-state index contributed by atoms with van der Waals surface area (Å²) in [6.45, 7) is 3.43. The molecule has 1 heterocycles. The van der Waals surface area contributed by atoms with E-state index in [2.05, 4.69) is 24.4 Å². The van der Waals surface area contributed by atoms with Crippen molar-refractivity contribution >= 4 is 5.69 Å². The zero-order valence-electron chi connectivity index (χ0n) is 9.95. The summed E-state index contributed by atoms with van der Waals surface area (Å²) in [5.41, 5.74) is 2.52. The van der Waals surface area contributed by atoms with Crippen molar-refractivity contribution in [2.45, 2.75) is 25.8 Å². The lowest BCUT2D eigenvalue weighted by Gasteiger charge is -2.26. The summed E-state index contributed by atoms with van der Waals surface area (Å²) in [4.78, 5) is 0. The van der Waals surface area contributed by atoms with E-state index in [-0.39, 0.29) is 0 Å². The predicted octanol–water partition coefficient (Wildman–Crippen LogP) is 2.46. The predicted molar refractivity (Wildman–Crippen MR) is 65.2 cm³/mol. The van der Waals surface area contributed by atoms with Gasteiger partial charge in [-0.2, -0.15) is 0 Å². The first kappa shape index (κ1) is 11.3. The molecular weight excluding hydrogens is 202 g/mol. The van der Waals surface area contributed by atoms with E-state index in [1.165, 1.54) is 12.0 Å². The van der Waals surface area contributed by atoms with Crippen LogP contribution in [0.2, 0.25) is 0 Å². The first-order valence-corrected chi connectivity index (χ1v) is 5.81. The van der Waals surface area contributed by atoms with Crippen molar-refractivity contribution in [1.29, 1.82) is 0 Å². The van der Waals surface area contributed by atoms with Crippen LogP contribution >= 0.6 is 0 Å². The summed E-state index contributed by atoms with van der Waals surface area (Å²) in [5, 5.41) is 3.49. The van der Waals surface area contributed by atoms with Crippen molar-refractivity contribution in [3.63, 3.8) is 0 Å². The number of methoxy groups -OCH3 is 1. The minimum Gasteiger partial charge on any atom is -0.489 e. The first-order chi connectivity index (χ1) is 7.81.